The van der Waals surface area contributed by atoms with Gasteiger partial charge < -0.3 is 40.2 Å². The monoisotopic (exact) mass is 738 g/mol. The highest BCUT2D eigenvalue weighted by Gasteiger charge is 2.38. The van der Waals surface area contributed by atoms with Crippen molar-refractivity contribution < 1.29 is 29.0 Å². The average Bonchev–Trinajstić information content (AvgIpc) is 4.02. The Hall–Kier alpha value is -5.50. The number of nitrogens with one attached hydrogen (secondary N) is 4. The van der Waals surface area contributed by atoms with Crippen molar-refractivity contribution in [3.63, 3.8) is 0 Å². The molecule has 0 aliphatic carbocycles. The molecule has 2 saturated heterocycles. The van der Waals surface area contributed by atoms with E-state index in [0.717, 1.165) is 65.1 Å². The van der Waals surface area contributed by atoms with Crippen molar-refractivity contribution in [2.45, 2.75) is 77.5 Å². The van der Waals surface area contributed by atoms with Crippen LogP contribution in [0.1, 0.15) is 77.1 Å². The molecule has 2 aromatic heterocycles. The SMILES string of the molecule is COC(=O)N[C@H](C(=O)N1CCC[C@H]1c1ncc(-c2ccc(-c3ccc(-c4cnc([C@@H]5CCCN5C(=O)C(NC(=O)CO)C(C)C)[nH]4)cc3)cc2)[nH]1)C(C)C. The minimum Gasteiger partial charge on any atom is -0.453 e. The summed E-state index contributed by atoms with van der Waals surface area (Å²) in [6.07, 6.45) is 6.17. The van der Waals surface area contributed by atoms with Gasteiger partial charge in [-0.05, 0) is 59.8 Å². The number of benzene rings is 2. The fourth-order valence-electron chi connectivity index (χ4n) is 7.41. The minimum atomic E-state index is -0.722. The Morgan fingerprint density at radius 1 is 0.722 bits per heavy atom. The Morgan fingerprint density at radius 3 is 1.52 bits per heavy atom. The molecule has 2 aliphatic rings. The third-order valence-corrected chi connectivity index (χ3v) is 10.4. The number of rotatable bonds is 12. The lowest BCUT2D eigenvalue weighted by atomic mass is 10.0. The van der Waals surface area contributed by atoms with Crippen molar-refractivity contribution >= 4 is 23.8 Å². The zero-order valence-corrected chi connectivity index (χ0v) is 31.5. The van der Waals surface area contributed by atoms with E-state index in [9.17, 15) is 24.3 Å². The number of imidazole rings is 2. The van der Waals surface area contributed by atoms with E-state index >= 15 is 0 Å². The summed E-state index contributed by atoms with van der Waals surface area (Å²) < 4.78 is 4.75. The summed E-state index contributed by atoms with van der Waals surface area (Å²) in [6.45, 7) is 8.04. The molecule has 286 valence electrons. The van der Waals surface area contributed by atoms with E-state index in [0.29, 0.717) is 18.9 Å². The number of amides is 4. The van der Waals surface area contributed by atoms with Gasteiger partial charge in [0, 0.05) is 13.1 Å². The van der Waals surface area contributed by atoms with Crippen LogP contribution >= 0.6 is 0 Å². The Bertz CT molecular complexity index is 1800. The van der Waals surface area contributed by atoms with Crippen LogP contribution in [0.4, 0.5) is 4.79 Å². The van der Waals surface area contributed by atoms with Gasteiger partial charge in [0.2, 0.25) is 17.7 Å². The van der Waals surface area contributed by atoms with E-state index in [4.69, 9.17) is 4.74 Å². The fraction of sp³-hybridized carbons (Fsp3) is 0.450. The van der Waals surface area contributed by atoms with Crippen molar-refractivity contribution in [1.29, 1.82) is 0 Å². The van der Waals surface area contributed by atoms with Gasteiger partial charge in [-0.25, -0.2) is 14.8 Å². The Morgan fingerprint density at radius 2 is 1.13 bits per heavy atom. The number of hydrogen-bond acceptors (Lipinski definition) is 8. The second-order valence-corrected chi connectivity index (χ2v) is 14.7. The molecule has 54 heavy (non-hydrogen) atoms. The van der Waals surface area contributed by atoms with E-state index < -0.39 is 30.7 Å². The summed E-state index contributed by atoms with van der Waals surface area (Å²) in [5, 5.41) is 14.6. The summed E-state index contributed by atoms with van der Waals surface area (Å²) in [7, 11) is 1.29. The second kappa shape index (κ2) is 16.7. The lowest BCUT2D eigenvalue weighted by molar-refractivity contribution is -0.139. The first kappa shape index (κ1) is 38.2. The average molecular weight is 739 g/mol. The molecule has 14 heteroatoms. The molecule has 14 nitrogen and oxygen atoms in total. The summed E-state index contributed by atoms with van der Waals surface area (Å²) in [5.41, 5.74) is 5.73. The van der Waals surface area contributed by atoms with Crippen molar-refractivity contribution in [2.75, 3.05) is 26.8 Å². The maximum absolute atomic E-state index is 13.5. The van der Waals surface area contributed by atoms with Gasteiger partial charge in [-0.2, -0.15) is 0 Å². The molecule has 0 radical (unpaired) electrons. The van der Waals surface area contributed by atoms with Crippen molar-refractivity contribution in [3.8, 4) is 33.6 Å². The Labute approximate surface area is 315 Å². The molecule has 2 fully saturated rings. The molecular formula is C40H50N8O6. The minimum absolute atomic E-state index is 0.107. The Kier molecular flexibility index (Phi) is 11.8. The lowest BCUT2D eigenvalue weighted by Gasteiger charge is -2.30. The molecule has 5 N–H and O–H groups in total. The number of likely N-dealkylation sites (tertiary alicyclic amines) is 2. The fourth-order valence-corrected chi connectivity index (χ4v) is 7.41. The van der Waals surface area contributed by atoms with E-state index in [1.54, 1.807) is 22.2 Å². The van der Waals surface area contributed by atoms with Crippen LogP contribution < -0.4 is 10.6 Å². The van der Waals surface area contributed by atoms with Gasteiger partial charge in [0.25, 0.3) is 0 Å². The zero-order valence-electron chi connectivity index (χ0n) is 31.5. The number of hydrogen-bond donors (Lipinski definition) is 5. The van der Waals surface area contributed by atoms with Crippen LogP contribution in [0.15, 0.2) is 60.9 Å². The molecule has 0 spiro atoms. The molecule has 0 bridgehead atoms. The van der Waals surface area contributed by atoms with E-state index in [2.05, 4.69) is 54.8 Å². The summed E-state index contributed by atoms with van der Waals surface area (Å²) in [4.78, 5) is 70.6. The Balaban J connectivity index is 1.11. The second-order valence-electron chi connectivity index (χ2n) is 14.7. The van der Waals surface area contributed by atoms with Crippen LogP contribution in [0.25, 0.3) is 33.6 Å². The molecule has 2 aliphatic heterocycles. The highest BCUT2D eigenvalue weighted by atomic mass is 16.5. The zero-order chi connectivity index (χ0) is 38.5. The molecule has 4 aromatic rings. The number of aromatic nitrogens is 4. The highest BCUT2D eigenvalue weighted by Crippen LogP contribution is 2.35. The predicted molar refractivity (Wildman–Crippen MR) is 202 cm³/mol. The smallest absolute Gasteiger partial charge is 0.407 e. The maximum atomic E-state index is 13.5. The number of carbonyl (C=O) groups excluding carboxylic acids is 4. The number of aromatic amines is 2. The predicted octanol–water partition coefficient (Wildman–Crippen LogP) is 4.97. The van der Waals surface area contributed by atoms with Crippen LogP contribution in [0.5, 0.6) is 0 Å². The molecular weight excluding hydrogens is 688 g/mol. The van der Waals surface area contributed by atoms with E-state index in [-0.39, 0.29) is 35.7 Å². The van der Waals surface area contributed by atoms with Gasteiger partial charge in [0.15, 0.2) is 0 Å². The topological polar surface area (TPSA) is 186 Å². The normalized spacial score (nSPS) is 18.2. The van der Waals surface area contributed by atoms with Crippen molar-refractivity contribution in [3.05, 3.63) is 72.6 Å². The summed E-state index contributed by atoms with van der Waals surface area (Å²) >= 11 is 0. The molecule has 0 saturated carbocycles. The lowest BCUT2D eigenvalue weighted by Crippen LogP contribution is -2.51. The molecule has 4 amide bonds. The number of alkyl carbamates (subject to hydrolysis) is 1. The molecule has 6 rings (SSSR count). The molecule has 2 aromatic carbocycles. The van der Waals surface area contributed by atoms with Crippen LogP contribution in [0.3, 0.4) is 0 Å². The number of aliphatic hydroxyl groups excluding tert-OH is 1. The number of nitrogens with zero attached hydrogens (tertiary/aromatic N) is 4. The third kappa shape index (κ3) is 8.18. The standard InChI is InChI=1S/C40H50N8O6/c1-23(2)34(45-33(50)22-49)38(51)47-18-6-8-31(47)36-41-20-29(43-36)27-14-10-25(11-15-27)26-12-16-28(17-13-26)30-21-42-37(44-30)32-9-7-19-48(32)39(52)35(24(3)4)46-40(53)54-5/h10-17,20-21,23-24,31-32,34-35,49H,6-9,18-19,22H2,1-5H3,(H,41,43)(H,42,44)(H,45,50)(H,46,53)/t31-,32-,34?,35-/m0/s1. The largest absolute Gasteiger partial charge is 0.453 e. The molecule has 4 heterocycles. The van der Waals surface area contributed by atoms with E-state index in [1.165, 1.54) is 7.11 Å². The number of carbonyl (C=O) groups is 4. The number of H-pyrrole nitrogens is 2. The first-order chi connectivity index (χ1) is 26.0. The van der Waals surface area contributed by atoms with Gasteiger partial charge in [0.1, 0.15) is 30.3 Å². The van der Waals surface area contributed by atoms with Crippen LogP contribution in [0.2, 0.25) is 0 Å². The number of ether oxygens (including phenoxy) is 1. The third-order valence-electron chi connectivity index (χ3n) is 10.4. The molecule has 4 atom stereocenters. The van der Waals surface area contributed by atoms with Gasteiger partial charge in [-0.15, -0.1) is 0 Å². The van der Waals surface area contributed by atoms with Gasteiger partial charge in [-0.3, -0.25) is 14.4 Å². The van der Waals surface area contributed by atoms with Crippen molar-refractivity contribution in [2.24, 2.45) is 11.8 Å². The quantitative estimate of drug-likeness (QED) is 0.135. The van der Waals surface area contributed by atoms with Gasteiger partial charge in [-0.1, -0.05) is 76.2 Å². The van der Waals surface area contributed by atoms with Crippen LogP contribution in [-0.2, 0) is 19.1 Å². The maximum Gasteiger partial charge on any atom is 0.407 e. The first-order valence-electron chi connectivity index (χ1n) is 18.7. The van der Waals surface area contributed by atoms with Crippen LogP contribution in [-0.4, -0.2) is 97.5 Å². The van der Waals surface area contributed by atoms with Crippen molar-refractivity contribution in [1.82, 2.24) is 40.4 Å². The number of aliphatic hydroxyl groups is 1. The number of methoxy groups -OCH3 is 1. The van der Waals surface area contributed by atoms with Gasteiger partial charge >= 0.3 is 6.09 Å². The van der Waals surface area contributed by atoms with E-state index in [1.807, 2.05) is 52.0 Å². The van der Waals surface area contributed by atoms with Crippen LogP contribution in [0, 0.1) is 11.8 Å². The first-order valence-corrected chi connectivity index (χ1v) is 18.7. The highest BCUT2D eigenvalue weighted by molar-refractivity contribution is 5.89. The van der Waals surface area contributed by atoms with Gasteiger partial charge in [0.05, 0.1) is 43.0 Å². The summed E-state index contributed by atoms with van der Waals surface area (Å²) in [6, 6.07) is 14.6. The summed E-state index contributed by atoms with van der Waals surface area (Å²) in [5.74, 6) is 0.296. The molecule has 1 unspecified atom stereocenters.